The molecule has 0 atom stereocenters. The number of nitrogens with one attached hydrogen (secondary N) is 1. The van der Waals surface area contributed by atoms with Crippen LogP contribution >= 0.6 is 11.8 Å². The number of aromatic nitrogens is 4. The fourth-order valence-corrected chi connectivity index (χ4v) is 3.17. The molecule has 0 saturated carbocycles. The van der Waals surface area contributed by atoms with E-state index in [1.165, 1.54) is 18.7 Å². The Kier molecular flexibility index (Phi) is 5.52. The van der Waals surface area contributed by atoms with E-state index in [1.54, 1.807) is 24.3 Å². The van der Waals surface area contributed by atoms with E-state index in [4.69, 9.17) is 0 Å². The summed E-state index contributed by atoms with van der Waals surface area (Å²) in [4.78, 5) is 23.5. The fraction of sp³-hybridized carbons (Fsp3) is 0.222. The molecule has 2 aromatic heterocycles. The average Bonchev–Trinajstić information content (AvgIpc) is 3.29. The molecule has 0 aliphatic heterocycles. The lowest BCUT2D eigenvalue weighted by molar-refractivity contribution is -0.113. The molecule has 8 heteroatoms. The van der Waals surface area contributed by atoms with Crippen LogP contribution in [0.3, 0.4) is 0 Å². The molecule has 0 aliphatic carbocycles. The minimum Gasteiger partial charge on any atom is -0.325 e. The summed E-state index contributed by atoms with van der Waals surface area (Å²) in [5.74, 6) is 0.876. The number of benzene rings is 1. The summed E-state index contributed by atoms with van der Waals surface area (Å²) >= 11 is 1.32. The Bertz CT molecular complexity index is 900. The Labute approximate surface area is 155 Å². The van der Waals surface area contributed by atoms with Gasteiger partial charge in [0.25, 0.3) is 0 Å². The van der Waals surface area contributed by atoms with Crippen LogP contribution in [0.2, 0.25) is 0 Å². The van der Waals surface area contributed by atoms with Crippen LogP contribution in [0.4, 0.5) is 5.69 Å². The van der Waals surface area contributed by atoms with Gasteiger partial charge in [-0.05, 0) is 43.3 Å². The number of aryl methyl sites for hydroxylation is 1. The quantitative estimate of drug-likeness (QED) is 0.511. The third-order valence-corrected chi connectivity index (χ3v) is 4.64. The molecule has 3 aromatic rings. The van der Waals surface area contributed by atoms with Gasteiger partial charge in [-0.3, -0.25) is 14.3 Å². The Hall–Kier alpha value is -2.87. The predicted octanol–water partition coefficient (Wildman–Crippen LogP) is 2.89. The largest absolute Gasteiger partial charge is 0.325 e. The molecule has 0 radical (unpaired) electrons. The van der Waals surface area contributed by atoms with Crippen LogP contribution in [-0.4, -0.2) is 37.0 Å². The van der Waals surface area contributed by atoms with E-state index in [2.05, 4.69) is 15.5 Å². The number of nitrogens with zero attached hydrogens (tertiary/aromatic N) is 4. The molecule has 7 nitrogen and oxygen atoms in total. The van der Waals surface area contributed by atoms with E-state index in [0.29, 0.717) is 16.4 Å². The van der Waals surface area contributed by atoms with Crippen molar-refractivity contribution in [1.29, 1.82) is 0 Å². The molecule has 134 valence electrons. The van der Waals surface area contributed by atoms with E-state index < -0.39 is 0 Å². The summed E-state index contributed by atoms with van der Waals surface area (Å²) in [5, 5.41) is 11.8. The SMILES string of the molecule is CCc1nnc(SCC(=O)Nc2ccc(C(C)=O)cc2)n1-n1cccc1. The topological polar surface area (TPSA) is 81.8 Å². The minimum absolute atomic E-state index is 0.00508. The first kappa shape index (κ1) is 17.9. The molecule has 0 spiro atoms. The molecule has 26 heavy (non-hydrogen) atoms. The van der Waals surface area contributed by atoms with Crippen molar-refractivity contribution in [3.63, 3.8) is 0 Å². The van der Waals surface area contributed by atoms with Gasteiger partial charge in [0.1, 0.15) is 0 Å². The molecule has 0 saturated heterocycles. The van der Waals surface area contributed by atoms with E-state index in [9.17, 15) is 9.59 Å². The number of thioether (sulfide) groups is 1. The van der Waals surface area contributed by atoms with Crippen molar-refractivity contribution in [1.82, 2.24) is 19.5 Å². The van der Waals surface area contributed by atoms with Crippen LogP contribution in [0, 0.1) is 0 Å². The lowest BCUT2D eigenvalue weighted by Gasteiger charge is -2.10. The Morgan fingerprint density at radius 2 is 1.81 bits per heavy atom. The van der Waals surface area contributed by atoms with Gasteiger partial charge >= 0.3 is 0 Å². The molecular formula is C18H19N5O2S. The molecule has 3 rings (SSSR count). The Balaban J connectivity index is 1.65. The molecule has 0 unspecified atom stereocenters. The summed E-state index contributed by atoms with van der Waals surface area (Å²) in [6.45, 7) is 3.52. The molecule has 1 N–H and O–H groups in total. The van der Waals surface area contributed by atoms with Crippen molar-refractivity contribution in [3.8, 4) is 0 Å². The highest BCUT2D eigenvalue weighted by atomic mass is 32.2. The van der Waals surface area contributed by atoms with Gasteiger partial charge in [0, 0.05) is 30.1 Å². The van der Waals surface area contributed by atoms with Crippen molar-refractivity contribution < 1.29 is 9.59 Å². The Morgan fingerprint density at radius 3 is 2.42 bits per heavy atom. The zero-order valence-electron chi connectivity index (χ0n) is 14.5. The molecular weight excluding hydrogens is 350 g/mol. The van der Waals surface area contributed by atoms with E-state index >= 15 is 0 Å². The minimum atomic E-state index is -0.148. The number of Topliss-reactive ketones (excluding diaryl/α,β-unsaturated/α-hetero) is 1. The third-order valence-electron chi connectivity index (χ3n) is 3.72. The number of amides is 1. The van der Waals surface area contributed by atoms with Crippen molar-refractivity contribution in [3.05, 3.63) is 60.2 Å². The molecule has 0 bridgehead atoms. The lowest BCUT2D eigenvalue weighted by atomic mass is 10.1. The zero-order valence-corrected chi connectivity index (χ0v) is 15.4. The normalized spacial score (nSPS) is 10.7. The van der Waals surface area contributed by atoms with Gasteiger partial charge in [-0.2, -0.15) is 0 Å². The lowest BCUT2D eigenvalue weighted by Crippen LogP contribution is -2.16. The maximum absolute atomic E-state index is 12.2. The highest BCUT2D eigenvalue weighted by molar-refractivity contribution is 7.99. The van der Waals surface area contributed by atoms with Crippen molar-refractivity contribution in [2.24, 2.45) is 0 Å². The monoisotopic (exact) mass is 369 g/mol. The first-order valence-corrected chi connectivity index (χ1v) is 9.18. The van der Waals surface area contributed by atoms with Crippen molar-refractivity contribution in [2.75, 3.05) is 11.1 Å². The van der Waals surface area contributed by atoms with E-state index in [0.717, 1.165) is 12.2 Å². The number of rotatable bonds is 7. The summed E-state index contributed by atoms with van der Waals surface area (Å²) < 4.78 is 3.78. The second kappa shape index (κ2) is 8.01. The van der Waals surface area contributed by atoms with Crippen molar-refractivity contribution >= 4 is 29.1 Å². The predicted molar refractivity (Wildman–Crippen MR) is 100 cm³/mol. The second-order valence-corrected chi connectivity index (χ2v) is 6.54. The highest BCUT2D eigenvalue weighted by Crippen LogP contribution is 2.19. The van der Waals surface area contributed by atoms with Crippen LogP contribution in [0.25, 0.3) is 0 Å². The number of carbonyl (C=O) groups excluding carboxylic acids is 2. The van der Waals surface area contributed by atoms with Gasteiger partial charge in [-0.25, -0.2) is 4.68 Å². The van der Waals surface area contributed by atoms with Crippen molar-refractivity contribution in [2.45, 2.75) is 25.4 Å². The van der Waals surface area contributed by atoms with E-state index in [1.807, 2.05) is 40.8 Å². The number of carbonyl (C=O) groups is 2. The summed E-state index contributed by atoms with van der Waals surface area (Å²) in [6.07, 6.45) is 4.55. The maximum Gasteiger partial charge on any atom is 0.234 e. The van der Waals surface area contributed by atoms with Gasteiger partial charge in [-0.15, -0.1) is 10.2 Å². The third kappa shape index (κ3) is 4.02. The van der Waals surface area contributed by atoms with Gasteiger partial charge < -0.3 is 5.32 Å². The molecule has 2 heterocycles. The van der Waals surface area contributed by atoms with Crippen LogP contribution in [0.1, 0.15) is 30.0 Å². The number of ketones is 1. The summed E-state index contributed by atoms with van der Waals surface area (Å²) in [5.41, 5.74) is 1.27. The Morgan fingerprint density at radius 1 is 1.12 bits per heavy atom. The van der Waals surface area contributed by atoms with Gasteiger partial charge in [0.05, 0.1) is 5.75 Å². The molecule has 1 aromatic carbocycles. The summed E-state index contributed by atoms with van der Waals surface area (Å²) in [6, 6.07) is 10.7. The average molecular weight is 369 g/mol. The van der Waals surface area contributed by atoms with Crippen LogP contribution in [0.5, 0.6) is 0 Å². The zero-order chi connectivity index (χ0) is 18.5. The number of hydrogen-bond donors (Lipinski definition) is 1. The van der Waals surface area contributed by atoms with Gasteiger partial charge in [0.2, 0.25) is 11.1 Å². The van der Waals surface area contributed by atoms with Crippen LogP contribution < -0.4 is 5.32 Å². The molecule has 0 fully saturated rings. The van der Waals surface area contributed by atoms with Crippen LogP contribution in [-0.2, 0) is 11.2 Å². The van der Waals surface area contributed by atoms with E-state index in [-0.39, 0.29) is 17.4 Å². The fourth-order valence-electron chi connectivity index (χ4n) is 2.41. The second-order valence-electron chi connectivity index (χ2n) is 5.60. The molecule has 1 amide bonds. The first-order chi connectivity index (χ1) is 12.6. The van der Waals surface area contributed by atoms with Gasteiger partial charge in [0.15, 0.2) is 11.6 Å². The smallest absolute Gasteiger partial charge is 0.234 e. The standard InChI is InChI=1S/C18H19N5O2S/c1-3-16-20-21-18(23(16)22-10-4-5-11-22)26-12-17(25)19-15-8-6-14(7-9-15)13(2)24/h4-11H,3,12H2,1-2H3,(H,19,25). The number of anilines is 1. The van der Waals surface area contributed by atoms with Gasteiger partial charge in [-0.1, -0.05) is 18.7 Å². The molecule has 0 aliphatic rings. The number of hydrogen-bond acceptors (Lipinski definition) is 5. The first-order valence-electron chi connectivity index (χ1n) is 8.20. The maximum atomic E-state index is 12.2. The van der Waals surface area contributed by atoms with Crippen LogP contribution in [0.15, 0.2) is 53.9 Å². The highest BCUT2D eigenvalue weighted by Gasteiger charge is 2.14. The summed E-state index contributed by atoms with van der Waals surface area (Å²) in [7, 11) is 0.